The van der Waals surface area contributed by atoms with Gasteiger partial charge in [-0.05, 0) is 50.6 Å². The second-order valence-corrected chi connectivity index (χ2v) is 6.74. The molecule has 1 unspecified atom stereocenters. The first-order chi connectivity index (χ1) is 9.15. The summed E-state index contributed by atoms with van der Waals surface area (Å²) in [5.74, 6) is 0.899. The van der Waals surface area contributed by atoms with E-state index in [2.05, 4.69) is 15.9 Å². The van der Waals surface area contributed by atoms with E-state index in [-0.39, 0.29) is 0 Å². The largest absolute Gasteiger partial charge is 0.493 e. The lowest BCUT2D eigenvalue weighted by Gasteiger charge is -2.13. The molecule has 1 aliphatic rings. The van der Waals surface area contributed by atoms with E-state index in [1.54, 1.807) is 11.3 Å². The van der Waals surface area contributed by atoms with E-state index >= 15 is 0 Å². The van der Waals surface area contributed by atoms with Gasteiger partial charge in [0.1, 0.15) is 5.75 Å². The number of halogens is 2. The van der Waals surface area contributed by atoms with Gasteiger partial charge >= 0.3 is 0 Å². The fourth-order valence-corrected chi connectivity index (χ4v) is 4.23. The summed E-state index contributed by atoms with van der Waals surface area (Å²) in [5.41, 5.74) is 2.12. The molecule has 1 aromatic carbocycles. The topological polar surface area (TPSA) is 29.5 Å². The number of aliphatic hydroxyl groups is 1. The minimum atomic E-state index is -0.541. The lowest BCUT2D eigenvalue weighted by molar-refractivity contribution is 0.180. The van der Waals surface area contributed by atoms with Crippen molar-refractivity contribution >= 4 is 38.9 Å². The zero-order chi connectivity index (χ0) is 13.4. The predicted molar refractivity (Wildman–Crippen MR) is 81.3 cm³/mol. The molecule has 2 heterocycles. The minimum absolute atomic E-state index is 0.516. The molecule has 2 aromatic rings. The summed E-state index contributed by atoms with van der Waals surface area (Å²) in [6.07, 6.45) is 0.866. The van der Waals surface area contributed by atoms with E-state index in [0.29, 0.717) is 18.1 Å². The van der Waals surface area contributed by atoms with Gasteiger partial charge in [0, 0.05) is 27.2 Å². The Hall–Kier alpha value is -0.550. The number of ether oxygens (including phenoxy) is 1. The number of fused-ring (bicyclic) bond motifs is 1. The first-order valence-corrected chi connectivity index (χ1v) is 8.05. The van der Waals surface area contributed by atoms with Gasteiger partial charge in [-0.1, -0.05) is 11.6 Å². The van der Waals surface area contributed by atoms with Gasteiger partial charge in [-0.3, -0.25) is 0 Å². The predicted octanol–water partition coefficient (Wildman–Crippen LogP) is 4.38. The standard InChI is InChI=1S/C14H12BrClO2S/c15-11-2-4-19-14(11)12(17)7-9-6-10(16)5-8-1-3-18-13(8)9/h2,4-6,12,17H,1,3,7H2. The molecule has 100 valence electrons. The normalized spacial score (nSPS) is 15.1. The van der Waals surface area contributed by atoms with E-state index < -0.39 is 6.10 Å². The van der Waals surface area contributed by atoms with Crippen molar-refractivity contribution in [2.75, 3.05) is 6.61 Å². The number of thiophene rings is 1. The molecule has 19 heavy (non-hydrogen) atoms. The molecule has 1 N–H and O–H groups in total. The van der Waals surface area contributed by atoms with Crippen molar-refractivity contribution in [3.63, 3.8) is 0 Å². The molecule has 1 atom stereocenters. The summed E-state index contributed by atoms with van der Waals surface area (Å²) in [6.45, 7) is 0.696. The Bertz CT molecular complexity index is 611. The molecule has 3 rings (SSSR count). The van der Waals surface area contributed by atoms with Crippen LogP contribution < -0.4 is 4.74 Å². The number of aliphatic hydroxyl groups excluding tert-OH is 1. The highest BCUT2D eigenvalue weighted by Gasteiger charge is 2.21. The highest BCUT2D eigenvalue weighted by Crippen LogP contribution is 2.37. The molecule has 0 saturated heterocycles. The highest BCUT2D eigenvalue weighted by atomic mass is 79.9. The molecular formula is C14H12BrClO2S. The van der Waals surface area contributed by atoms with E-state index in [1.165, 1.54) is 0 Å². The number of hydrogen-bond acceptors (Lipinski definition) is 3. The van der Waals surface area contributed by atoms with E-state index in [1.807, 2.05) is 23.6 Å². The summed E-state index contributed by atoms with van der Waals surface area (Å²) < 4.78 is 6.60. The molecule has 0 radical (unpaired) electrons. The first kappa shape index (κ1) is 13.4. The molecule has 1 aromatic heterocycles. The Balaban J connectivity index is 1.90. The average molecular weight is 360 g/mol. The van der Waals surface area contributed by atoms with Crippen molar-refractivity contribution < 1.29 is 9.84 Å². The molecule has 0 amide bonds. The van der Waals surface area contributed by atoms with Crippen LogP contribution in [0.1, 0.15) is 22.1 Å². The maximum absolute atomic E-state index is 10.3. The summed E-state index contributed by atoms with van der Waals surface area (Å²) in [6, 6.07) is 5.78. The highest BCUT2D eigenvalue weighted by molar-refractivity contribution is 9.10. The van der Waals surface area contributed by atoms with Crippen LogP contribution in [0.5, 0.6) is 5.75 Å². The van der Waals surface area contributed by atoms with E-state index in [0.717, 1.165) is 32.6 Å². The zero-order valence-corrected chi connectivity index (χ0v) is 13.2. The van der Waals surface area contributed by atoms with Gasteiger partial charge in [0.25, 0.3) is 0 Å². The maximum atomic E-state index is 10.3. The fraction of sp³-hybridized carbons (Fsp3) is 0.286. The summed E-state index contributed by atoms with van der Waals surface area (Å²) >= 11 is 11.1. The minimum Gasteiger partial charge on any atom is -0.493 e. The second kappa shape index (κ2) is 5.44. The van der Waals surface area contributed by atoms with Gasteiger partial charge in [-0.2, -0.15) is 0 Å². The van der Waals surface area contributed by atoms with Crippen LogP contribution in [0.4, 0.5) is 0 Å². The Labute approximate surface area is 129 Å². The van der Waals surface area contributed by atoms with Crippen LogP contribution in [0.2, 0.25) is 5.02 Å². The summed E-state index contributed by atoms with van der Waals surface area (Å²) in [7, 11) is 0. The monoisotopic (exact) mass is 358 g/mol. The van der Waals surface area contributed by atoms with Crippen molar-refractivity contribution in [1.29, 1.82) is 0 Å². The Kier molecular flexibility index (Phi) is 3.85. The lowest BCUT2D eigenvalue weighted by Crippen LogP contribution is -2.02. The van der Waals surface area contributed by atoms with Crippen LogP contribution in [0.25, 0.3) is 0 Å². The van der Waals surface area contributed by atoms with E-state index in [4.69, 9.17) is 16.3 Å². The van der Waals surface area contributed by atoms with Gasteiger partial charge in [0.05, 0.1) is 12.7 Å². The van der Waals surface area contributed by atoms with Gasteiger partial charge in [0.2, 0.25) is 0 Å². The van der Waals surface area contributed by atoms with Crippen molar-refractivity contribution in [3.05, 3.63) is 49.1 Å². The quantitative estimate of drug-likeness (QED) is 0.881. The van der Waals surface area contributed by atoms with Crippen LogP contribution in [0.15, 0.2) is 28.1 Å². The third kappa shape index (κ3) is 2.68. The third-order valence-electron chi connectivity index (χ3n) is 3.19. The molecule has 0 spiro atoms. The molecule has 2 nitrogen and oxygen atoms in total. The second-order valence-electron chi connectivity index (χ2n) is 4.50. The average Bonchev–Trinajstić information content (AvgIpc) is 2.97. The summed E-state index contributed by atoms with van der Waals surface area (Å²) in [5, 5.41) is 13.0. The van der Waals surface area contributed by atoms with Crippen molar-refractivity contribution in [1.82, 2.24) is 0 Å². The van der Waals surface area contributed by atoms with E-state index in [9.17, 15) is 5.11 Å². The molecule has 0 bridgehead atoms. The van der Waals surface area contributed by atoms with Crippen LogP contribution in [-0.4, -0.2) is 11.7 Å². The first-order valence-electron chi connectivity index (χ1n) is 6.00. The Morgan fingerprint density at radius 2 is 2.32 bits per heavy atom. The van der Waals surface area contributed by atoms with Gasteiger partial charge in [0.15, 0.2) is 0 Å². The van der Waals surface area contributed by atoms with Crippen LogP contribution in [0.3, 0.4) is 0 Å². The lowest BCUT2D eigenvalue weighted by atomic mass is 10.0. The fourth-order valence-electron chi connectivity index (χ4n) is 2.34. The zero-order valence-electron chi connectivity index (χ0n) is 10.0. The van der Waals surface area contributed by atoms with Gasteiger partial charge in [-0.15, -0.1) is 11.3 Å². The number of benzene rings is 1. The van der Waals surface area contributed by atoms with Crippen molar-refractivity contribution in [2.24, 2.45) is 0 Å². The van der Waals surface area contributed by atoms with Crippen LogP contribution >= 0.6 is 38.9 Å². The molecule has 0 fully saturated rings. The molecule has 1 aliphatic heterocycles. The smallest absolute Gasteiger partial charge is 0.126 e. The van der Waals surface area contributed by atoms with Gasteiger partial charge in [-0.25, -0.2) is 0 Å². The maximum Gasteiger partial charge on any atom is 0.126 e. The van der Waals surface area contributed by atoms with Gasteiger partial charge < -0.3 is 9.84 Å². The van der Waals surface area contributed by atoms with Crippen molar-refractivity contribution in [2.45, 2.75) is 18.9 Å². The molecule has 5 heteroatoms. The Morgan fingerprint density at radius 1 is 1.47 bits per heavy atom. The molecule has 0 saturated carbocycles. The molecular weight excluding hydrogens is 348 g/mol. The third-order valence-corrected chi connectivity index (χ3v) is 5.38. The van der Waals surface area contributed by atoms with Crippen LogP contribution in [0, 0.1) is 0 Å². The van der Waals surface area contributed by atoms with Crippen molar-refractivity contribution in [3.8, 4) is 5.75 Å². The van der Waals surface area contributed by atoms with Crippen LogP contribution in [-0.2, 0) is 12.8 Å². The SMILES string of the molecule is OC(Cc1cc(Cl)cc2c1OCC2)c1sccc1Br. The molecule has 0 aliphatic carbocycles. The number of rotatable bonds is 3. The summed E-state index contributed by atoms with van der Waals surface area (Å²) in [4.78, 5) is 0.937. The number of hydrogen-bond donors (Lipinski definition) is 1. The Morgan fingerprint density at radius 3 is 3.05 bits per heavy atom.